The topological polar surface area (TPSA) is 66.0 Å². The summed E-state index contributed by atoms with van der Waals surface area (Å²) in [5, 5.41) is 8.75. The Balaban J connectivity index is 1.65. The molecule has 0 atom stereocenters. The summed E-state index contributed by atoms with van der Waals surface area (Å²) in [6.07, 6.45) is 4.35. The zero-order valence-electron chi connectivity index (χ0n) is 14.9. The van der Waals surface area contributed by atoms with E-state index in [2.05, 4.69) is 40.7 Å². The fourth-order valence-electron chi connectivity index (χ4n) is 3.35. The summed E-state index contributed by atoms with van der Waals surface area (Å²) in [6.45, 7) is 4.81. The third-order valence-electron chi connectivity index (χ3n) is 5.03. The van der Waals surface area contributed by atoms with Crippen molar-refractivity contribution in [1.29, 1.82) is 0 Å². The maximum absolute atomic E-state index is 6.00. The van der Waals surface area contributed by atoms with Gasteiger partial charge in [0.2, 0.25) is 0 Å². The van der Waals surface area contributed by atoms with Gasteiger partial charge in [-0.15, -0.1) is 10.2 Å². The van der Waals surface area contributed by atoms with Gasteiger partial charge in [-0.25, -0.2) is 0 Å². The number of rotatable bonds is 5. The molecule has 24 heavy (non-hydrogen) atoms. The van der Waals surface area contributed by atoms with Crippen molar-refractivity contribution in [2.75, 3.05) is 0 Å². The van der Waals surface area contributed by atoms with E-state index in [1.54, 1.807) is 0 Å². The maximum Gasteiger partial charge on any atom is 0.170 e. The first-order chi connectivity index (χ1) is 11.5. The fourth-order valence-corrected chi connectivity index (χ4v) is 3.35. The number of nitrogens with two attached hydrogens (primary N) is 1. The van der Waals surface area contributed by atoms with E-state index < -0.39 is 0 Å². The van der Waals surface area contributed by atoms with Crippen LogP contribution in [0.5, 0.6) is 5.75 Å². The number of hydrogen-bond acceptors (Lipinski definition) is 4. The molecule has 0 unspecified atom stereocenters. The van der Waals surface area contributed by atoms with Gasteiger partial charge in [-0.2, -0.15) is 0 Å². The highest BCUT2D eigenvalue weighted by Gasteiger charge is 2.24. The molecule has 0 radical (unpaired) electrons. The molecule has 0 amide bonds. The van der Waals surface area contributed by atoms with Crippen LogP contribution in [0, 0.1) is 0 Å². The monoisotopic (exact) mass is 328 g/mol. The SMILES string of the molecule is CC(C)c1cccc(OCc2nnc(C3CCC(N)CC3)n2C)c1. The van der Waals surface area contributed by atoms with Gasteiger partial charge in [0.1, 0.15) is 18.2 Å². The molecule has 2 N–H and O–H groups in total. The molecule has 1 saturated carbocycles. The number of nitrogens with zero attached hydrogens (tertiary/aromatic N) is 3. The second-order valence-corrected chi connectivity index (χ2v) is 7.16. The van der Waals surface area contributed by atoms with Crippen LogP contribution >= 0.6 is 0 Å². The number of hydrogen-bond donors (Lipinski definition) is 1. The van der Waals surface area contributed by atoms with Crippen molar-refractivity contribution >= 4 is 0 Å². The molecule has 1 heterocycles. The van der Waals surface area contributed by atoms with E-state index in [4.69, 9.17) is 10.5 Å². The minimum Gasteiger partial charge on any atom is -0.486 e. The van der Waals surface area contributed by atoms with Crippen molar-refractivity contribution in [3.8, 4) is 5.75 Å². The van der Waals surface area contributed by atoms with Gasteiger partial charge in [-0.05, 0) is 49.3 Å². The minimum absolute atomic E-state index is 0.352. The predicted molar refractivity (Wildman–Crippen MR) is 95.1 cm³/mol. The van der Waals surface area contributed by atoms with Crippen LogP contribution < -0.4 is 10.5 Å². The zero-order chi connectivity index (χ0) is 17.1. The zero-order valence-corrected chi connectivity index (χ0v) is 14.9. The summed E-state index contributed by atoms with van der Waals surface area (Å²) in [7, 11) is 2.03. The lowest BCUT2D eigenvalue weighted by Gasteiger charge is -2.25. The summed E-state index contributed by atoms with van der Waals surface area (Å²) >= 11 is 0. The summed E-state index contributed by atoms with van der Waals surface area (Å²) in [6, 6.07) is 8.62. The Morgan fingerprint density at radius 2 is 1.96 bits per heavy atom. The smallest absolute Gasteiger partial charge is 0.170 e. The number of aromatic nitrogens is 3. The molecule has 0 spiro atoms. The fraction of sp³-hybridized carbons (Fsp3) is 0.579. The molecule has 1 aliphatic carbocycles. The van der Waals surface area contributed by atoms with Crippen molar-refractivity contribution in [3.05, 3.63) is 41.5 Å². The normalized spacial score (nSPS) is 21.2. The van der Waals surface area contributed by atoms with Gasteiger partial charge in [0.25, 0.3) is 0 Å². The number of benzene rings is 1. The van der Waals surface area contributed by atoms with Crippen LogP contribution in [-0.2, 0) is 13.7 Å². The maximum atomic E-state index is 6.00. The molecule has 0 aliphatic heterocycles. The first kappa shape index (κ1) is 17.0. The molecule has 0 bridgehead atoms. The first-order valence-corrected chi connectivity index (χ1v) is 8.91. The van der Waals surface area contributed by atoms with Crippen molar-refractivity contribution in [2.24, 2.45) is 12.8 Å². The third kappa shape index (κ3) is 3.78. The molecule has 1 fully saturated rings. The molecular formula is C19H28N4O. The highest BCUT2D eigenvalue weighted by molar-refractivity contribution is 5.30. The van der Waals surface area contributed by atoms with Crippen molar-refractivity contribution < 1.29 is 4.74 Å². The molecule has 5 heteroatoms. The van der Waals surface area contributed by atoms with E-state index in [0.29, 0.717) is 24.5 Å². The van der Waals surface area contributed by atoms with E-state index in [9.17, 15) is 0 Å². The van der Waals surface area contributed by atoms with Crippen LogP contribution in [0.15, 0.2) is 24.3 Å². The van der Waals surface area contributed by atoms with Crippen LogP contribution in [0.1, 0.15) is 68.6 Å². The Morgan fingerprint density at radius 3 is 2.67 bits per heavy atom. The highest BCUT2D eigenvalue weighted by atomic mass is 16.5. The Bertz CT molecular complexity index is 672. The summed E-state index contributed by atoms with van der Waals surface area (Å²) in [4.78, 5) is 0. The quantitative estimate of drug-likeness (QED) is 0.912. The molecule has 1 aromatic carbocycles. The van der Waals surface area contributed by atoms with Crippen LogP contribution in [0.2, 0.25) is 0 Å². The van der Waals surface area contributed by atoms with E-state index >= 15 is 0 Å². The van der Waals surface area contributed by atoms with Gasteiger partial charge < -0.3 is 15.0 Å². The first-order valence-electron chi connectivity index (χ1n) is 8.91. The van der Waals surface area contributed by atoms with Gasteiger partial charge in [0, 0.05) is 19.0 Å². The van der Waals surface area contributed by atoms with E-state index in [1.807, 2.05) is 19.2 Å². The molecule has 130 valence electrons. The second kappa shape index (κ2) is 7.34. The minimum atomic E-state index is 0.352. The van der Waals surface area contributed by atoms with Gasteiger partial charge in [-0.3, -0.25) is 0 Å². The lowest BCUT2D eigenvalue weighted by molar-refractivity contribution is 0.289. The molecule has 1 aromatic heterocycles. The van der Waals surface area contributed by atoms with E-state index in [1.165, 1.54) is 5.56 Å². The molecule has 2 aromatic rings. The van der Waals surface area contributed by atoms with Crippen molar-refractivity contribution in [2.45, 2.75) is 64.0 Å². The van der Waals surface area contributed by atoms with E-state index in [0.717, 1.165) is 43.1 Å². The molecule has 3 rings (SSSR count). The third-order valence-corrected chi connectivity index (χ3v) is 5.03. The van der Waals surface area contributed by atoms with Crippen LogP contribution in [0.3, 0.4) is 0 Å². The Labute approximate surface area is 144 Å². The van der Waals surface area contributed by atoms with Gasteiger partial charge in [0.15, 0.2) is 5.82 Å². The van der Waals surface area contributed by atoms with Gasteiger partial charge in [-0.1, -0.05) is 26.0 Å². The predicted octanol–water partition coefficient (Wildman–Crippen LogP) is 3.50. The number of ether oxygens (including phenoxy) is 1. The second-order valence-electron chi connectivity index (χ2n) is 7.16. The van der Waals surface area contributed by atoms with Crippen LogP contribution in [-0.4, -0.2) is 20.8 Å². The molecule has 0 saturated heterocycles. The van der Waals surface area contributed by atoms with Crippen LogP contribution in [0.4, 0.5) is 0 Å². The summed E-state index contributed by atoms with van der Waals surface area (Å²) in [5.41, 5.74) is 7.28. The average molecular weight is 328 g/mol. The van der Waals surface area contributed by atoms with Crippen molar-refractivity contribution in [3.63, 3.8) is 0 Å². The van der Waals surface area contributed by atoms with Gasteiger partial charge in [0.05, 0.1) is 0 Å². The lowest BCUT2D eigenvalue weighted by Crippen LogP contribution is -2.26. The van der Waals surface area contributed by atoms with Crippen LogP contribution in [0.25, 0.3) is 0 Å². The molecule has 5 nitrogen and oxygen atoms in total. The largest absolute Gasteiger partial charge is 0.486 e. The molecular weight excluding hydrogens is 300 g/mol. The van der Waals surface area contributed by atoms with E-state index in [-0.39, 0.29) is 0 Å². The summed E-state index contributed by atoms with van der Waals surface area (Å²) < 4.78 is 8.03. The lowest BCUT2D eigenvalue weighted by atomic mass is 9.86. The average Bonchev–Trinajstić information content (AvgIpc) is 2.95. The van der Waals surface area contributed by atoms with Gasteiger partial charge >= 0.3 is 0 Å². The standard InChI is InChI=1S/C19H28N4O/c1-13(2)15-5-4-6-17(11-15)24-12-18-21-22-19(23(18)3)14-7-9-16(20)10-8-14/h4-6,11,13-14,16H,7-10,12,20H2,1-3H3. The Morgan fingerprint density at radius 1 is 1.21 bits per heavy atom. The Hall–Kier alpha value is -1.88. The molecule has 1 aliphatic rings. The highest BCUT2D eigenvalue weighted by Crippen LogP contribution is 2.31. The summed E-state index contributed by atoms with van der Waals surface area (Å²) in [5.74, 6) is 3.79. The van der Waals surface area contributed by atoms with Crippen molar-refractivity contribution in [1.82, 2.24) is 14.8 Å². The Kier molecular flexibility index (Phi) is 5.19.